The van der Waals surface area contributed by atoms with Crippen LogP contribution in [0.15, 0.2) is 96.7 Å². The highest BCUT2D eigenvalue weighted by Crippen LogP contribution is 2.48. The van der Waals surface area contributed by atoms with E-state index in [2.05, 4.69) is 127 Å². The summed E-state index contributed by atoms with van der Waals surface area (Å²) < 4.78 is 0. The third-order valence-electron chi connectivity index (χ3n) is 7.71. The molecule has 7 rings (SSSR count). The molecule has 0 spiro atoms. The Morgan fingerprint density at radius 1 is 0.816 bits per heavy atom. The Morgan fingerprint density at radius 3 is 2.37 bits per heavy atom. The number of aliphatic hydroxyl groups excluding tert-OH is 1. The fourth-order valence-corrected chi connectivity index (χ4v) is 5.64. The first-order valence-electron chi connectivity index (χ1n) is 13.6. The maximum absolute atomic E-state index is 7.00. The van der Waals surface area contributed by atoms with Gasteiger partial charge < -0.3 is 14.9 Å². The minimum Gasteiger partial charge on any atom is -0.400 e. The van der Waals surface area contributed by atoms with Gasteiger partial charge in [0.2, 0.25) is 0 Å². The molecular weight excluding hydrogens is 464 g/mol. The molecule has 3 nitrogen and oxygen atoms in total. The number of hydrogen-bond acceptors (Lipinski definition) is 3. The van der Waals surface area contributed by atoms with Crippen LogP contribution in [0.25, 0.3) is 0 Å². The predicted octanol–water partition coefficient (Wildman–Crippen LogP) is 6.78. The maximum Gasteiger partial charge on any atom is 0.0436 e. The van der Waals surface area contributed by atoms with Gasteiger partial charge in [0.05, 0.1) is 0 Å². The second-order valence-electron chi connectivity index (χ2n) is 10.5. The first kappa shape index (κ1) is 26.1. The summed E-state index contributed by atoms with van der Waals surface area (Å²) in [5, 5.41) is 7.00. The molecule has 3 aromatic rings. The van der Waals surface area contributed by atoms with Crippen molar-refractivity contribution >= 4 is 5.69 Å². The van der Waals surface area contributed by atoms with Gasteiger partial charge in [-0.1, -0.05) is 84.0 Å². The van der Waals surface area contributed by atoms with Crippen LogP contribution in [0.3, 0.4) is 0 Å². The standard InChI is InChI=1S/C18H18N.C16H16N.CH4O/c1-13-7-8-14-5-3-9-19(12-16(14)10-13)18-6-2-4-15-11-17(15)18;1-13-7-8-14-9-10-17(12-15(14)11-13)16-5-3-2-4-6-16;1-2/h2-4,6-8,10,15,17H,9,11-12H2,1H3;2-9,11H,10,12H2,1H3;2H,1H3. The molecule has 0 aromatic heterocycles. The normalized spacial score (nSPS) is 20.4. The summed E-state index contributed by atoms with van der Waals surface area (Å²) >= 11 is 0. The molecule has 3 heteroatoms. The smallest absolute Gasteiger partial charge is 0.0436 e. The summed E-state index contributed by atoms with van der Waals surface area (Å²) in [7, 11) is 1.00. The molecule has 1 saturated carbocycles. The lowest BCUT2D eigenvalue weighted by atomic mass is 9.97. The molecule has 0 bridgehead atoms. The van der Waals surface area contributed by atoms with Gasteiger partial charge in [-0.2, -0.15) is 0 Å². The number of fused-ring (bicyclic) bond motifs is 3. The number of anilines is 1. The zero-order chi connectivity index (χ0) is 26.5. The molecular formula is C35H38N2O. The van der Waals surface area contributed by atoms with Crippen LogP contribution in [0.5, 0.6) is 0 Å². The van der Waals surface area contributed by atoms with Crippen molar-refractivity contribution in [2.75, 3.05) is 25.1 Å². The topological polar surface area (TPSA) is 26.7 Å². The van der Waals surface area contributed by atoms with Gasteiger partial charge in [-0.25, -0.2) is 0 Å². The summed E-state index contributed by atoms with van der Waals surface area (Å²) in [5.41, 5.74) is 11.0. The van der Waals surface area contributed by atoms with Crippen molar-refractivity contribution in [2.45, 2.75) is 33.4 Å². The molecule has 2 radical (unpaired) electrons. The Bertz CT molecular complexity index is 1340. The lowest BCUT2D eigenvalue weighted by molar-refractivity contribution is 0.351. The highest BCUT2D eigenvalue weighted by Gasteiger charge is 2.41. The first-order valence-corrected chi connectivity index (χ1v) is 13.6. The monoisotopic (exact) mass is 502 g/mol. The van der Waals surface area contributed by atoms with Crippen molar-refractivity contribution in [2.24, 2.45) is 11.8 Å². The third kappa shape index (κ3) is 5.95. The molecule has 1 fully saturated rings. The third-order valence-corrected chi connectivity index (χ3v) is 7.71. The highest BCUT2D eigenvalue weighted by molar-refractivity contribution is 5.52. The SMILES string of the molecule is CO.Cc1ccc2c(c1)CN(C1=CC=CC3CC13)CC=[C]2.Cc1ccc2c(c1)CN(c1ccccc1)C[CH]2. The summed E-state index contributed by atoms with van der Waals surface area (Å²) in [6.45, 7) is 8.33. The molecule has 0 saturated heterocycles. The molecule has 38 heavy (non-hydrogen) atoms. The fraction of sp³-hybridized carbons (Fsp3) is 0.286. The van der Waals surface area contributed by atoms with E-state index >= 15 is 0 Å². The Labute approximate surface area is 228 Å². The largest absolute Gasteiger partial charge is 0.400 e. The lowest BCUT2D eigenvalue weighted by Crippen LogP contribution is -2.29. The van der Waals surface area contributed by atoms with E-state index in [-0.39, 0.29) is 0 Å². The van der Waals surface area contributed by atoms with E-state index in [0.29, 0.717) is 0 Å². The molecule has 3 aromatic carbocycles. The zero-order valence-electron chi connectivity index (χ0n) is 22.8. The van der Waals surface area contributed by atoms with Crippen LogP contribution < -0.4 is 4.90 Å². The Kier molecular flexibility index (Phi) is 8.14. The molecule has 4 aliphatic rings. The van der Waals surface area contributed by atoms with Gasteiger partial charge in [-0.05, 0) is 72.7 Å². The van der Waals surface area contributed by atoms with E-state index in [4.69, 9.17) is 5.11 Å². The number of nitrogens with zero attached hydrogens (tertiary/aromatic N) is 2. The molecule has 1 N–H and O–H groups in total. The number of aryl methyl sites for hydroxylation is 2. The maximum atomic E-state index is 7.00. The number of allylic oxidation sites excluding steroid dienone is 4. The van der Waals surface area contributed by atoms with Gasteiger partial charge in [-0.15, -0.1) is 0 Å². The van der Waals surface area contributed by atoms with E-state index in [1.165, 1.54) is 51.2 Å². The summed E-state index contributed by atoms with van der Waals surface area (Å²) in [5.74, 6) is 1.60. The van der Waals surface area contributed by atoms with E-state index in [0.717, 1.165) is 45.1 Å². The highest BCUT2D eigenvalue weighted by atomic mass is 16.2. The Balaban J connectivity index is 0.000000146. The van der Waals surface area contributed by atoms with E-state index in [9.17, 15) is 0 Å². The van der Waals surface area contributed by atoms with Gasteiger partial charge >= 0.3 is 0 Å². The van der Waals surface area contributed by atoms with Gasteiger partial charge in [-0.3, -0.25) is 0 Å². The lowest BCUT2D eigenvalue weighted by Gasteiger charge is -2.30. The van der Waals surface area contributed by atoms with Crippen LogP contribution in [0.1, 0.15) is 39.8 Å². The number of para-hydroxylation sites is 1. The van der Waals surface area contributed by atoms with E-state index < -0.39 is 0 Å². The van der Waals surface area contributed by atoms with Crippen LogP contribution in [0, 0.1) is 38.2 Å². The average molecular weight is 503 g/mol. The van der Waals surface area contributed by atoms with E-state index in [1.54, 1.807) is 0 Å². The molecule has 194 valence electrons. The first-order chi connectivity index (χ1) is 18.6. The number of hydrogen-bond donors (Lipinski definition) is 1. The van der Waals surface area contributed by atoms with Crippen molar-refractivity contribution < 1.29 is 5.11 Å². The average Bonchev–Trinajstić information content (AvgIpc) is 3.77. The molecule has 2 aliphatic carbocycles. The quantitative estimate of drug-likeness (QED) is 0.418. The predicted molar refractivity (Wildman–Crippen MR) is 158 cm³/mol. The van der Waals surface area contributed by atoms with E-state index in [1.807, 2.05) is 0 Å². The van der Waals surface area contributed by atoms with Crippen molar-refractivity contribution in [3.05, 3.63) is 143 Å². The van der Waals surface area contributed by atoms with Crippen molar-refractivity contribution in [3.63, 3.8) is 0 Å². The molecule has 2 atom stereocenters. The Morgan fingerprint density at radius 2 is 1.55 bits per heavy atom. The van der Waals surface area contributed by atoms with Crippen molar-refractivity contribution in [1.82, 2.24) is 4.90 Å². The molecule has 2 aliphatic heterocycles. The summed E-state index contributed by atoms with van der Waals surface area (Å²) in [6.07, 6.45) is 16.2. The molecule has 0 amide bonds. The fourth-order valence-electron chi connectivity index (χ4n) is 5.64. The van der Waals surface area contributed by atoms with Gasteiger partial charge in [0.1, 0.15) is 0 Å². The van der Waals surface area contributed by atoms with Gasteiger partial charge in [0.15, 0.2) is 0 Å². The molecule has 2 unspecified atom stereocenters. The minimum atomic E-state index is 0.782. The van der Waals surface area contributed by atoms with Crippen molar-refractivity contribution in [1.29, 1.82) is 0 Å². The number of benzene rings is 3. The van der Waals surface area contributed by atoms with Gasteiger partial charge in [0, 0.05) is 57.0 Å². The minimum absolute atomic E-state index is 0.782. The van der Waals surface area contributed by atoms with Crippen LogP contribution >= 0.6 is 0 Å². The molecule has 2 heterocycles. The van der Waals surface area contributed by atoms with Crippen LogP contribution in [-0.4, -0.2) is 30.2 Å². The van der Waals surface area contributed by atoms with Crippen molar-refractivity contribution in [3.8, 4) is 0 Å². The zero-order valence-corrected chi connectivity index (χ0v) is 22.8. The van der Waals surface area contributed by atoms with Crippen LogP contribution in [0.2, 0.25) is 0 Å². The number of aliphatic hydroxyl groups is 1. The number of rotatable bonds is 2. The Hall–Kier alpha value is -3.56. The summed E-state index contributed by atoms with van der Waals surface area (Å²) in [6, 6.07) is 24.0. The van der Waals surface area contributed by atoms with Crippen LogP contribution in [0.4, 0.5) is 5.69 Å². The second-order valence-corrected chi connectivity index (χ2v) is 10.5. The van der Waals surface area contributed by atoms with Crippen LogP contribution in [-0.2, 0) is 13.1 Å². The second kappa shape index (κ2) is 11.9. The summed E-state index contributed by atoms with van der Waals surface area (Å²) in [4.78, 5) is 4.92. The van der Waals surface area contributed by atoms with Gasteiger partial charge in [0.25, 0.3) is 0 Å².